The minimum atomic E-state index is -0.758. The maximum atomic E-state index is 12.7. The van der Waals surface area contributed by atoms with Crippen molar-refractivity contribution in [2.24, 2.45) is 0 Å². The zero-order chi connectivity index (χ0) is 40.1. The summed E-state index contributed by atoms with van der Waals surface area (Å²) >= 11 is 0. The van der Waals surface area contributed by atoms with Crippen molar-refractivity contribution in [3.05, 3.63) is 0 Å². The third-order valence-electron chi connectivity index (χ3n) is 11.1. The van der Waals surface area contributed by atoms with Crippen molar-refractivity contribution in [3.8, 4) is 0 Å². The topological polar surface area (TPSA) is 78.9 Å². The number of rotatable bonds is 45. The number of esters is 3. The first-order valence-electron chi connectivity index (χ1n) is 24.5. The Hall–Kier alpha value is -1.59. The van der Waals surface area contributed by atoms with Crippen LogP contribution in [-0.4, -0.2) is 37.2 Å². The van der Waals surface area contributed by atoms with Gasteiger partial charge in [0.25, 0.3) is 0 Å². The number of ether oxygens (including phenoxy) is 3. The number of carbonyl (C=O) groups excluding carboxylic acids is 3. The fraction of sp³-hybridized carbons (Fsp3) is 0.939. The van der Waals surface area contributed by atoms with Gasteiger partial charge in [0.2, 0.25) is 0 Å². The quantitative estimate of drug-likeness (QED) is 0.0348. The van der Waals surface area contributed by atoms with E-state index in [-0.39, 0.29) is 31.1 Å². The van der Waals surface area contributed by atoms with Gasteiger partial charge >= 0.3 is 17.9 Å². The van der Waals surface area contributed by atoms with E-state index in [0.717, 1.165) is 57.8 Å². The monoisotopic (exact) mass is 779 g/mol. The van der Waals surface area contributed by atoms with Crippen molar-refractivity contribution in [1.82, 2.24) is 0 Å². The largest absolute Gasteiger partial charge is 0.462 e. The molecule has 0 unspecified atom stereocenters. The molecule has 326 valence electrons. The zero-order valence-electron chi connectivity index (χ0n) is 37.2. The van der Waals surface area contributed by atoms with Crippen LogP contribution in [0.2, 0.25) is 0 Å². The van der Waals surface area contributed by atoms with Gasteiger partial charge in [0.15, 0.2) is 6.10 Å². The van der Waals surface area contributed by atoms with Gasteiger partial charge < -0.3 is 14.2 Å². The molecule has 6 nitrogen and oxygen atoms in total. The molecule has 0 aliphatic rings. The first-order chi connectivity index (χ1) is 27.0. The lowest BCUT2D eigenvalue weighted by atomic mass is 10.0. The van der Waals surface area contributed by atoms with Crippen molar-refractivity contribution in [1.29, 1.82) is 0 Å². The summed E-state index contributed by atoms with van der Waals surface area (Å²) in [4.78, 5) is 37.8. The summed E-state index contributed by atoms with van der Waals surface area (Å²) in [6, 6.07) is 0. The lowest BCUT2D eigenvalue weighted by molar-refractivity contribution is -0.167. The SMILES string of the molecule is CCCCCCCCCCCCCCCCC(=O)O[C@@H](COC(=O)CCCCCCCCCCCCC)COC(=O)CCCCCCCCCCCCCC. The van der Waals surface area contributed by atoms with Gasteiger partial charge in [-0.15, -0.1) is 0 Å². The van der Waals surface area contributed by atoms with Crippen molar-refractivity contribution in [3.63, 3.8) is 0 Å². The molecule has 55 heavy (non-hydrogen) atoms. The van der Waals surface area contributed by atoms with E-state index in [0.29, 0.717) is 19.3 Å². The van der Waals surface area contributed by atoms with E-state index in [1.165, 1.54) is 180 Å². The lowest BCUT2D eigenvalue weighted by Gasteiger charge is -2.18. The Morgan fingerprint density at radius 3 is 0.727 bits per heavy atom. The molecule has 0 aliphatic carbocycles. The van der Waals surface area contributed by atoms with Gasteiger partial charge in [0, 0.05) is 19.3 Å². The van der Waals surface area contributed by atoms with E-state index in [1.54, 1.807) is 0 Å². The molecule has 0 spiro atoms. The third kappa shape index (κ3) is 43.4. The molecule has 0 bridgehead atoms. The maximum Gasteiger partial charge on any atom is 0.306 e. The van der Waals surface area contributed by atoms with Crippen molar-refractivity contribution < 1.29 is 28.6 Å². The molecule has 0 N–H and O–H groups in total. The third-order valence-corrected chi connectivity index (χ3v) is 11.1. The van der Waals surface area contributed by atoms with Crippen LogP contribution < -0.4 is 0 Å². The first-order valence-corrected chi connectivity index (χ1v) is 24.5. The zero-order valence-corrected chi connectivity index (χ0v) is 37.2. The second-order valence-electron chi connectivity index (χ2n) is 16.7. The van der Waals surface area contributed by atoms with E-state index < -0.39 is 6.10 Å². The summed E-state index contributed by atoms with van der Waals surface area (Å²) in [5.74, 6) is -0.846. The van der Waals surface area contributed by atoms with Gasteiger partial charge in [0.05, 0.1) is 0 Å². The molecule has 0 heterocycles. The second-order valence-corrected chi connectivity index (χ2v) is 16.7. The van der Waals surface area contributed by atoms with E-state index >= 15 is 0 Å². The maximum absolute atomic E-state index is 12.7. The Morgan fingerprint density at radius 2 is 0.491 bits per heavy atom. The summed E-state index contributed by atoms with van der Waals surface area (Å²) in [6.45, 7) is 6.66. The normalized spacial score (nSPS) is 11.8. The van der Waals surface area contributed by atoms with Crippen molar-refractivity contribution >= 4 is 17.9 Å². The van der Waals surface area contributed by atoms with Crippen LogP contribution in [0.1, 0.15) is 278 Å². The van der Waals surface area contributed by atoms with Gasteiger partial charge in [-0.1, -0.05) is 239 Å². The molecule has 0 aliphatic heterocycles. The van der Waals surface area contributed by atoms with E-state index in [9.17, 15) is 14.4 Å². The highest BCUT2D eigenvalue weighted by Crippen LogP contribution is 2.16. The lowest BCUT2D eigenvalue weighted by Crippen LogP contribution is -2.30. The molecule has 0 fully saturated rings. The smallest absolute Gasteiger partial charge is 0.306 e. The van der Waals surface area contributed by atoms with Crippen LogP contribution in [0.15, 0.2) is 0 Å². The summed E-state index contributed by atoms with van der Waals surface area (Å²) in [5.41, 5.74) is 0. The van der Waals surface area contributed by atoms with Crippen LogP contribution in [0.5, 0.6) is 0 Å². The van der Waals surface area contributed by atoms with Gasteiger partial charge in [-0.2, -0.15) is 0 Å². The highest BCUT2D eigenvalue weighted by Gasteiger charge is 2.19. The van der Waals surface area contributed by atoms with Crippen LogP contribution >= 0.6 is 0 Å². The average Bonchev–Trinajstić information content (AvgIpc) is 3.18. The van der Waals surface area contributed by atoms with Gasteiger partial charge in [-0.05, 0) is 19.3 Å². The van der Waals surface area contributed by atoms with Gasteiger partial charge in [0.1, 0.15) is 13.2 Å². The van der Waals surface area contributed by atoms with Crippen LogP contribution in [0.3, 0.4) is 0 Å². The minimum absolute atomic E-state index is 0.0622. The van der Waals surface area contributed by atoms with Crippen LogP contribution in [-0.2, 0) is 28.6 Å². The molecule has 0 aromatic rings. The standard InChI is InChI=1S/C49H94O6/c1-4-7-10-13-16-19-22-24-25-28-31-34-37-40-43-49(52)55-46(44-53-47(50)41-38-35-32-29-26-21-18-15-12-9-6-3)45-54-48(51)42-39-36-33-30-27-23-20-17-14-11-8-5-2/h46H,4-45H2,1-3H3/t46-/m0/s1. The van der Waals surface area contributed by atoms with E-state index in [1.807, 2.05) is 0 Å². The van der Waals surface area contributed by atoms with Gasteiger partial charge in [-0.3, -0.25) is 14.4 Å². The Labute approximate surface area is 342 Å². The highest BCUT2D eigenvalue weighted by atomic mass is 16.6. The Kier molecular flexibility index (Phi) is 43.8. The molecule has 6 heteroatoms. The number of hydrogen-bond acceptors (Lipinski definition) is 6. The van der Waals surface area contributed by atoms with Crippen LogP contribution in [0.4, 0.5) is 0 Å². The minimum Gasteiger partial charge on any atom is -0.462 e. The molecule has 0 amide bonds. The highest BCUT2D eigenvalue weighted by molar-refractivity contribution is 5.71. The Balaban J connectivity index is 4.31. The summed E-state index contributed by atoms with van der Waals surface area (Å²) < 4.78 is 16.8. The summed E-state index contributed by atoms with van der Waals surface area (Å²) in [7, 11) is 0. The van der Waals surface area contributed by atoms with Crippen molar-refractivity contribution in [2.45, 2.75) is 284 Å². The molecule has 0 aromatic heterocycles. The van der Waals surface area contributed by atoms with Crippen LogP contribution in [0, 0.1) is 0 Å². The Morgan fingerprint density at radius 1 is 0.291 bits per heavy atom. The molecule has 0 aromatic carbocycles. The average molecular weight is 779 g/mol. The van der Waals surface area contributed by atoms with Gasteiger partial charge in [-0.25, -0.2) is 0 Å². The number of hydrogen-bond donors (Lipinski definition) is 0. The molecule has 0 radical (unpaired) electrons. The molecular formula is C49H94O6. The number of unbranched alkanes of at least 4 members (excludes halogenated alkanes) is 34. The van der Waals surface area contributed by atoms with E-state index in [2.05, 4.69) is 20.8 Å². The molecule has 1 atom stereocenters. The predicted molar refractivity (Wildman–Crippen MR) is 233 cm³/mol. The predicted octanol–water partition coefficient (Wildman–Crippen LogP) is 15.6. The fourth-order valence-electron chi connectivity index (χ4n) is 7.38. The van der Waals surface area contributed by atoms with Crippen LogP contribution in [0.25, 0.3) is 0 Å². The molecule has 0 saturated heterocycles. The Bertz CT molecular complexity index is 813. The molecular weight excluding hydrogens is 685 g/mol. The first kappa shape index (κ1) is 53.4. The second kappa shape index (κ2) is 45.1. The summed E-state index contributed by atoms with van der Waals surface area (Å²) in [6.07, 6.45) is 46.5. The number of carbonyl (C=O) groups is 3. The van der Waals surface area contributed by atoms with E-state index in [4.69, 9.17) is 14.2 Å². The molecule has 0 saturated carbocycles. The fourth-order valence-corrected chi connectivity index (χ4v) is 7.38. The summed E-state index contributed by atoms with van der Waals surface area (Å²) in [5, 5.41) is 0. The molecule has 0 rings (SSSR count). The van der Waals surface area contributed by atoms with Crippen molar-refractivity contribution in [2.75, 3.05) is 13.2 Å².